The number of nitrogens with one attached hydrogen (secondary N) is 2. The molecule has 1 heterocycles. The van der Waals surface area contributed by atoms with Gasteiger partial charge in [-0.15, -0.1) is 0 Å². The number of rotatable bonds is 10. The van der Waals surface area contributed by atoms with Crippen LogP contribution in [-0.4, -0.2) is 17.5 Å². The summed E-state index contributed by atoms with van der Waals surface area (Å²) in [5.41, 5.74) is 2.81. The largest absolute Gasteiger partial charge is 0.369 e. The quantitative estimate of drug-likeness (QED) is 0.490. The van der Waals surface area contributed by atoms with Gasteiger partial charge in [0, 0.05) is 18.5 Å². The Hall–Kier alpha value is -1.91. The molecule has 3 rings (SSSR count). The molecule has 2 aromatic carbocycles. The summed E-state index contributed by atoms with van der Waals surface area (Å²) in [6, 6.07) is 17.4. The molecule has 0 radical (unpaired) electrons. The molecule has 0 amide bonds. The summed E-state index contributed by atoms with van der Waals surface area (Å²) in [6.07, 6.45) is 4.81. The normalized spacial score (nSPS) is 11.1. The van der Waals surface area contributed by atoms with Crippen LogP contribution in [0.25, 0.3) is 10.1 Å². The molecule has 0 saturated heterocycles. The van der Waals surface area contributed by atoms with Crippen LogP contribution in [0.15, 0.2) is 48.5 Å². The van der Waals surface area contributed by atoms with Gasteiger partial charge < -0.3 is 10.6 Å². The first-order chi connectivity index (χ1) is 12.4. The van der Waals surface area contributed by atoms with Gasteiger partial charge in [0.05, 0.1) is 4.70 Å². The second-order valence-electron chi connectivity index (χ2n) is 6.40. The zero-order valence-electron chi connectivity index (χ0n) is 14.9. The second kappa shape index (κ2) is 9.54. The number of nitrogens with zero attached hydrogens (tertiary/aromatic N) is 1. The topological polar surface area (TPSA) is 37.0 Å². The highest BCUT2D eigenvalue weighted by Gasteiger charge is 2.03. The molecule has 3 nitrogen and oxygen atoms in total. The van der Waals surface area contributed by atoms with Crippen molar-refractivity contribution in [3.8, 4) is 0 Å². The van der Waals surface area contributed by atoms with Gasteiger partial charge >= 0.3 is 0 Å². The van der Waals surface area contributed by atoms with Crippen molar-refractivity contribution < 1.29 is 0 Å². The first-order valence-corrected chi connectivity index (χ1v) is 10.0. The molecule has 0 fully saturated rings. The molecule has 25 heavy (non-hydrogen) atoms. The van der Waals surface area contributed by atoms with Gasteiger partial charge in [0.2, 0.25) is 0 Å². The Morgan fingerprint density at radius 1 is 0.920 bits per heavy atom. The number of aryl methyl sites for hydroxylation is 1. The Bertz CT molecular complexity index is 764. The predicted molar refractivity (Wildman–Crippen MR) is 109 cm³/mol. The van der Waals surface area contributed by atoms with Gasteiger partial charge in [0.1, 0.15) is 5.82 Å². The van der Waals surface area contributed by atoms with E-state index < -0.39 is 0 Å². The van der Waals surface area contributed by atoms with Crippen molar-refractivity contribution in [2.75, 3.05) is 18.4 Å². The molecule has 0 aliphatic carbocycles. The molecule has 0 bridgehead atoms. The summed E-state index contributed by atoms with van der Waals surface area (Å²) < 4.78 is 5.74. The van der Waals surface area contributed by atoms with E-state index in [0.29, 0.717) is 0 Å². The van der Waals surface area contributed by atoms with Crippen LogP contribution in [0.3, 0.4) is 0 Å². The van der Waals surface area contributed by atoms with Crippen LogP contribution in [0.5, 0.6) is 0 Å². The lowest BCUT2D eigenvalue weighted by atomic mass is 10.1. The molecule has 0 atom stereocenters. The van der Waals surface area contributed by atoms with E-state index in [4.69, 9.17) is 0 Å². The van der Waals surface area contributed by atoms with Crippen molar-refractivity contribution >= 4 is 27.4 Å². The maximum absolute atomic E-state index is 4.50. The third kappa shape index (κ3) is 5.28. The third-order valence-electron chi connectivity index (χ3n) is 4.37. The number of benzene rings is 2. The fourth-order valence-electron chi connectivity index (χ4n) is 2.87. The second-order valence-corrected chi connectivity index (χ2v) is 7.21. The van der Waals surface area contributed by atoms with Crippen LogP contribution in [0.1, 0.15) is 37.3 Å². The zero-order chi connectivity index (χ0) is 17.3. The number of unbranched alkanes of at least 4 members (excludes halogenated alkanes) is 1. The fraction of sp³-hybridized carbons (Fsp3) is 0.381. The molecular formula is C21H27N3S. The summed E-state index contributed by atoms with van der Waals surface area (Å²) in [4.78, 5) is 0. The Kier molecular flexibility index (Phi) is 6.83. The van der Waals surface area contributed by atoms with E-state index in [2.05, 4.69) is 70.5 Å². The van der Waals surface area contributed by atoms with E-state index in [1.54, 1.807) is 11.5 Å². The number of fused-ring (bicyclic) bond motifs is 1. The minimum Gasteiger partial charge on any atom is -0.369 e. The molecule has 0 spiro atoms. The Morgan fingerprint density at radius 3 is 2.56 bits per heavy atom. The molecule has 1 aromatic heterocycles. The van der Waals surface area contributed by atoms with Gasteiger partial charge in [0.15, 0.2) is 0 Å². The number of hydrogen-bond donors (Lipinski definition) is 2. The van der Waals surface area contributed by atoms with Crippen LogP contribution >= 0.6 is 11.5 Å². The van der Waals surface area contributed by atoms with Gasteiger partial charge in [-0.05, 0) is 60.6 Å². The molecular weight excluding hydrogens is 326 g/mol. The van der Waals surface area contributed by atoms with Crippen molar-refractivity contribution in [3.05, 3.63) is 59.7 Å². The Labute approximate surface area is 154 Å². The minimum atomic E-state index is 0.938. The summed E-state index contributed by atoms with van der Waals surface area (Å²) in [5, 5.41) is 8.20. The number of hydrogen-bond acceptors (Lipinski definition) is 4. The smallest absolute Gasteiger partial charge is 0.147 e. The molecule has 132 valence electrons. The monoisotopic (exact) mass is 353 g/mol. The molecule has 3 aromatic rings. The van der Waals surface area contributed by atoms with Crippen molar-refractivity contribution in [1.29, 1.82) is 0 Å². The summed E-state index contributed by atoms with van der Waals surface area (Å²) >= 11 is 1.56. The van der Waals surface area contributed by atoms with E-state index in [1.165, 1.54) is 40.5 Å². The van der Waals surface area contributed by atoms with Crippen LogP contribution in [0, 0.1) is 0 Å². The van der Waals surface area contributed by atoms with Gasteiger partial charge in [0.25, 0.3) is 0 Å². The lowest BCUT2D eigenvalue weighted by Gasteiger charge is -2.07. The minimum absolute atomic E-state index is 0.938. The van der Waals surface area contributed by atoms with Gasteiger partial charge in [-0.1, -0.05) is 49.7 Å². The molecule has 0 saturated carbocycles. The van der Waals surface area contributed by atoms with E-state index in [1.807, 2.05) is 0 Å². The standard InChI is InChI=1S/C21H27N3S/c1-2-3-7-17-10-12-18(13-11-17)16-22-14-6-15-23-21-19-8-4-5-9-20(19)25-24-21/h4-5,8-13,22H,2-3,6-7,14-16H2,1H3,(H,23,24). The van der Waals surface area contributed by atoms with E-state index in [9.17, 15) is 0 Å². The maximum Gasteiger partial charge on any atom is 0.147 e. The van der Waals surface area contributed by atoms with Crippen LogP contribution < -0.4 is 10.6 Å². The highest BCUT2D eigenvalue weighted by molar-refractivity contribution is 7.13. The van der Waals surface area contributed by atoms with Crippen LogP contribution in [0.4, 0.5) is 5.82 Å². The van der Waals surface area contributed by atoms with Crippen molar-refractivity contribution in [2.45, 2.75) is 39.2 Å². The van der Waals surface area contributed by atoms with E-state index in [0.717, 1.165) is 31.9 Å². The van der Waals surface area contributed by atoms with Crippen molar-refractivity contribution in [3.63, 3.8) is 0 Å². The molecule has 0 aliphatic heterocycles. The summed E-state index contributed by atoms with van der Waals surface area (Å²) in [6.45, 7) is 5.13. The van der Waals surface area contributed by atoms with Gasteiger partial charge in [-0.3, -0.25) is 0 Å². The lowest BCUT2D eigenvalue weighted by Crippen LogP contribution is -2.17. The summed E-state index contributed by atoms with van der Waals surface area (Å²) in [7, 11) is 0. The van der Waals surface area contributed by atoms with Crippen LogP contribution in [0.2, 0.25) is 0 Å². The van der Waals surface area contributed by atoms with Crippen molar-refractivity contribution in [2.24, 2.45) is 0 Å². The zero-order valence-corrected chi connectivity index (χ0v) is 15.7. The predicted octanol–water partition coefficient (Wildman–Crippen LogP) is 5.23. The highest BCUT2D eigenvalue weighted by atomic mass is 32.1. The molecule has 4 heteroatoms. The first kappa shape index (κ1) is 17.9. The third-order valence-corrected chi connectivity index (χ3v) is 5.20. The molecule has 2 N–H and O–H groups in total. The maximum atomic E-state index is 4.50. The van der Waals surface area contributed by atoms with Crippen LogP contribution in [-0.2, 0) is 13.0 Å². The van der Waals surface area contributed by atoms with E-state index in [-0.39, 0.29) is 0 Å². The lowest BCUT2D eigenvalue weighted by molar-refractivity contribution is 0.663. The number of aromatic nitrogens is 1. The van der Waals surface area contributed by atoms with Gasteiger partial charge in [-0.25, -0.2) is 0 Å². The first-order valence-electron chi connectivity index (χ1n) is 9.23. The van der Waals surface area contributed by atoms with Crippen molar-refractivity contribution in [1.82, 2.24) is 9.69 Å². The Morgan fingerprint density at radius 2 is 1.72 bits per heavy atom. The van der Waals surface area contributed by atoms with E-state index >= 15 is 0 Å². The summed E-state index contributed by atoms with van der Waals surface area (Å²) in [5.74, 6) is 1.02. The molecule has 0 aliphatic rings. The highest BCUT2D eigenvalue weighted by Crippen LogP contribution is 2.25. The average Bonchev–Trinajstić information content (AvgIpc) is 3.07. The average molecular weight is 354 g/mol. The Balaban J connectivity index is 1.33. The number of anilines is 1. The fourth-order valence-corrected chi connectivity index (χ4v) is 3.63. The molecule has 0 unspecified atom stereocenters. The SMILES string of the molecule is CCCCc1ccc(CNCCCNc2nsc3ccccc23)cc1. The van der Waals surface area contributed by atoms with Gasteiger partial charge in [-0.2, -0.15) is 4.37 Å².